The SMILES string of the molecule is Cc1cc(C)c2c(C)c(C(=O)Nc3nc(C(C)(C)C)cs3)sc2n1. The van der Waals surface area contributed by atoms with Crippen LogP contribution >= 0.6 is 22.7 Å². The summed E-state index contributed by atoms with van der Waals surface area (Å²) in [5.41, 5.74) is 4.09. The molecule has 24 heavy (non-hydrogen) atoms. The first-order valence-electron chi connectivity index (χ1n) is 7.81. The second-order valence-electron chi connectivity index (χ2n) is 7.06. The summed E-state index contributed by atoms with van der Waals surface area (Å²) in [4.78, 5) is 23.4. The Morgan fingerprint density at radius 1 is 1.17 bits per heavy atom. The molecule has 0 aliphatic carbocycles. The molecule has 0 aromatic carbocycles. The van der Waals surface area contributed by atoms with Crippen molar-refractivity contribution in [3.63, 3.8) is 0 Å². The van der Waals surface area contributed by atoms with Gasteiger partial charge < -0.3 is 0 Å². The molecule has 0 aliphatic heterocycles. The number of thiophene rings is 1. The molecule has 3 aromatic rings. The van der Waals surface area contributed by atoms with Crippen molar-refractivity contribution in [2.75, 3.05) is 5.32 Å². The highest BCUT2D eigenvalue weighted by Crippen LogP contribution is 2.33. The van der Waals surface area contributed by atoms with Gasteiger partial charge >= 0.3 is 0 Å². The number of anilines is 1. The average Bonchev–Trinajstić information content (AvgIpc) is 3.03. The predicted octanol–water partition coefficient (Wildman–Crippen LogP) is 5.23. The van der Waals surface area contributed by atoms with Crippen molar-refractivity contribution in [2.24, 2.45) is 0 Å². The van der Waals surface area contributed by atoms with Crippen LogP contribution in [-0.4, -0.2) is 15.9 Å². The topological polar surface area (TPSA) is 54.9 Å². The fourth-order valence-electron chi connectivity index (χ4n) is 2.67. The molecular weight excluding hydrogens is 338 g/mol. The van der Waals surface area contributed by atoms with Crippen molar-refractivity contribution in [1.29, 1.82) is 0 Å². The first-order chi connectivity index (χ1) is 11.2. The van der Waals surface area contributed by atoms with Crippen LogP contribution in [0.2, 0.25) is 0 Å². The first kappa shape index (κ1) is 17.0. The van der Waals surface area contributed by atoms with E-state index in [1.54, 1.807) is 0 Å². The maximum atomic E-state index is 12.7. The molecule has 6 heteroatoms. The van der Waals surface area contributed by atoms with Crippen LogP contribution in [0.5, 0.6) is 0 Å². The lowest BCUT2D eigenvalue weighted by Crippen LogP contribution is -2.14. The van der Waals surface area contributed by atoms with Crippen LogP contribution in [0.1, 0.15) is 53.0 Å². The number of hydrogen-bond donors (Lipinski definition) is 1. The summed E-state index contributed by atoms with van der Waals surface area (Å²) in [5.74, 6) is -0.109. The molecule has 0 atom stereocenters. The van der Waals surface area contributed by atoms with Gasteiger partial charge in [0.1, 0.15) is 4.83 Å². The Labute approximate surface area is 150 Å². The average molecular weight is 360 g/mol. The molecule has 0 bridgehead atoms. The lowest BCUT2D eigenvalue weighted by Gasteiger charge is -2.14. The zero-order chi connectivity index (χ0) is 17.6. The number of hydrogen-bond acceptors (Lipinski definition) is 5. The van der Waals surface area contributed by atoms with Gasteiger partial charge in [0.2, 0.25) is 0 Å². The van der Waals surface area contributed by atoms with E-state index in [1.807, 2.05) is 19.2 Å². The lowest BCUT2D eigenvalue weighted by atomic mass is 9.93. The van der Waals surface area contributed by atoms with Crippen LogP contribution in [0.3, 0.4) is 0 Å². The fraction of sp³-hybridized carbons (Fsp3) is 0.389. The minimum absolute atomic E-state index is 0.0223. The summed E-state index contributed by atoms with van der Waals surface area (Å²) < 4.78 is 0. The molecule has 0 radical (unpaired) electrons. The maximum Gasteiger partial charge on any atom is 0.267 e. The summed E-state index contributed by atoms with van der Waals surface area (Å²) in [6.45, 7) is 12.4. The Morgan fingerprint density at radius 2 is 1.88 bits per heavy atom. The predicted molar refractivity (Wildman–Crippen MR) is 103 cm³/mol. The van der Waals surface area contributed by atoms with E-state index in [1.165, 1.54) is 22.7 Å². The highest BCUT2D eigenvalue weighted by Gasteiger charge is 2.21. The van der Waals surface area contributed by atoms with Crippen molar-refractivity contribution in [1.82, 2.24) is 9.97 Å². The van der Waals surface area contributed by atoms with Gasteiger partial charge in [0.15, 0.2) is 5.13 Å². The Balaban J connectivity index is 1.93. The van der Waals surface area contributed by atoms with Gasteiger partial charge in [-0.25, -0.2) is 9.97 Å². The standard InChI is InChI=1S/C18H21N3OS2/c1-9-7-10(2)19-16-13(9)11(3)14(24-16)15(22)21-17-20-12(8-23-17)18(4,5)6/h7-8H,1-6H3,(H,20,21,22). The smallest absolute Gasteiger partial charge is 0.267 e. The summed E-state index contributed by atoms with van der Waals surface area (Å²) in [6, 6.07) is 2.06. The number of thiazole rings is 1. The Bertz CT molecular complexity index is 932. The molecule has 0 saturated carbocycles. The Hall–Kier alpha value is -1.79. The molecule has 1 amide bonds. The number of rotatable bonds is 2. The second-order valence-corrected chi connectivity index (χ2v) is 8.92. The van der Waals surface area contributed by atoms with E-state index in [0.29, 0.717) is 10.0 Å². The maximum absolute atomic E-state index is 12.7. The number of nitrogens with zero attached hydrogens (tertiary/aromatic N) is 2. The van der Waals surface area contributed by atoms with Gasteiger partial charge in [-0.2, -0.15) is 0 Å². The fourth-order valence-corrected chi connectivity index (χ4v) is 4.80. The number of carbonyl (C=O) groups is 1. The van der Waals surface area contributed by atoms with E-state index in [2.05, 4.69) is 49.0 Å². The van der Waals surface area contributed by atoms with Crippen LogP contribution < -0.4 is 5.32 Å². The zero-order valence-electron chi connectivity index (χ0n) is 14.8. The summed E-state index contributed by atoms with van der Waals surface area (Å²) >= 11 is 2.91. The summed E-state index contributed by atoms with van der Waals surface area (Å²) in [5, 5.41) is 6.67. The molecule has 4 nitrogen and oxygen atoms in total. The summed E-state index contributed by atoms with van der Waals surface area (Å²) in [6.07, 6.45) is 0. The van der Waals surface area contributed by atoms with Crippen molar-refractivity contribution in [2.45, 2.75) is 47.0 Å². The minimum Gasteiger partial charge on any atom is -0.297 e. The molecule has 1 N–H and O–H groups in total. The van der Waals surface area contributed by atoms with Crippen LogP contribution in [0.4, 0.5) is 5.13 Å². The third-order valence-electron chi connectivity index (χ3n) is 3.93. The van der Waals surface area contributed by atoms with E-state index in [-0.39, 0.29) is 11.3 Å². The van der Waals surface area contributed by atoms with Crippen LogP contribution in [0.15, 0.2) is 11.4 Å². The van der Waals surface area contributed by atoms with Crippen molar-refractivity contribution < 1.29 is 4.79 Å². The van der Waals surface area contributed by atoms with Crippen molar-refractivity contribution in [3.05, 3.63) is 38.8 Å². The quantitative estimate of drug-likeness (QED) is 0.682. The Kier molecular flexibility index (Phi) is 4.21. The van der Waals surface area contributed by atoms with Gasteiger partial charge in [0, 0.05) is 21.9 Å². The van der Waals surface area contributed by atoms with Crippen LogP contribution in [0, 0.1) is 20.8 Å². The normalized spacial score (nSPS) is 11.9. The van der Waals surface area contributed by atoms with E-state index >= 15 is 0 Å². The number of carbonyl (C=O) groups excluding carboxylic acids is 1. The first-order valence-corrected chi connectivity index (χ1v) is 9.51. The number of nitrogens with one attached hydrogen (secondary N) is 1. The van der Waals surface area contributed by atoms with Crippen LogP contribution in [0.25, 0.3) is 10.2 Å². The zero-order valence-corrected chi connectivity index (χ0v) is 16.4. The van der Waals surface area contributed by atoms with E-state index in [4.69, 9.17) is 0 Å². The van der Waals surface area contributed by atoms with Gasteiger partial charge in [0.05, 0.1) is 10.6 Å². The highest BCUT2D eigenvalue weighted by molar-refractivity contribution is 7.21. The van der Waals surface area contributed by atoms with E-state index in [0.717, 1.165) is 32.7 Å². The molecule has 0 aliphatic rings. The number of amides is 1. The van der Waals surface area contributed by atoms with E-state index in [9.17, 15) is 4.79 Å². The third-order valence-corrected chi connectivity index (χ3v) is 5.87. The number of pyridine rings is 1. The molecular formula is C18H21N3OS2. The number of aryl methyl sites for hydroxylation is 3. The number of aromatic nitrogens is 2. The van der Waals surface area contributed by atoms with Gasteiger partial charge in [-0.3, -0.25) is 10.1 Å². The molecule has 3 rings (SSSR count). The molecule has 0 spiro atoms. The van der Waals surface area contributed by atoms with Gasteiger partial charge in [-0.1, -0.05) is 20.8 Å². The molecule has 3 aromatic heterocycles. The monoisotopic (exact) mass is 359 g/mol. The van der Waals surface area contributed by atoms with Gasteiger partial charge in [-0.15, -0.1) is 22.7 Å². The highest BCUT2D eigenvalue weighted by atomic mass is 32.1. The van der Waals surface area contributed by atoms with Crippen molar-refractivity contribution >= 4 is 43.9 Å². The van der Waals surface area contributed by atoms with Crippen molar-refractivity contribution in [3.8, 4) is 0 Å². The molecule has 3 heterocycles. The lowest BCUT2D eigenvalue weighted by molar-refractivity contribution is 0.103. The van der Waals surface area contributed by atoms with Gasteiger partial charge in [0.25, 0.3) is 5.91 Å². The van der Waals surface area contributed by atoms with Crippen LogP contribution in [-0.2, 0) is 5.41 Å². The summed E-state index contributed by atoms with van der Waals surface area (Å²) in [7, 11) is 0. The molecule has 126 valence electrons. The largest absolute Gasteiger partial charge is 0.297 e. The minimum atomic E-state index is -0.109. The molecule has 0 fully saturated rings. The van der Waals surface area contributed by atoms with Gasteiger partial charge in [-0.05, 0) is 38.0 Å². The Morgan fingerprint density at radius 3 is 2.50 bits per heavy atom. The molecule has 0 unspecified atom stereocenters. The number of fused-ring (bicyclic) bond motifs is 1. The second kappa shape index (κ2) is 5.93. The molecule has 0 saturated heterocycles. The third kappa shape index (κ3) is 3.08. The van der Waals surface area contributed by atoms with E-state index < -0.39 is 0 Å².